The van der Waals surface area contributed by atoms with Gasteiger partial charge in [-0.25, -0.2) is 0 Å². The number of carbonyl (C=O) groups is 1. The highest BCUT2D eigenvalue weighted by Gasteiger charge is 2.54. The van der Waals surface area contributed by atoms with E-state index in [1.165, 1.54) is 25.7 Å². The maximum absolute atomic E-state index is 12.0. The van der Waals surface area contributed by atoms with Crippen LogP contribution in [0.25, 0.3) is 0 Å². The first-order valence-electron chi connectivity index (χ1n) is 6.96. The van der Waals surface area contributed by atoms with Gasteiger partial charge in [-0.15, -0.1) is 0 Å². The highest BCUT2D eigenvalue weighted by Crippen LogP contribution is 2.55. The fraction of sp³-hybridized carbons (Fsp3) is 0.923. The van der Waals surface area contributed by atoms with Gasteiger partial charge in [-0.2, -0.15) is 0 Å². The largest absolute Gasteiger partial charge is 0.374 e. The normalized spacial score (nSPS) is 40.5. The Kier molecular flexibility index (Phi) is 3.34. The molecule has 3 rings (SSSR count). The molecular formula is C13H22N2O2. The van der Waals surface area contributed by atoms with Crippen LogP contribution in [-0.4, -0.2) is 38.3 Å². The maximum Gasteiger partial charge on any atom is 0.223 e. The minimum atomic E-state index is 0.161. The quantitative estimate of drug-likeness (QED) is 0.754. The molecule has 4 nitrogen and oxygen atoms in total. The number of fused-ring (bicyclic) bond motifs is 1. The summed E-state index contributed by atoms with van der Waals surface area (Å²) in [6, 6.07) is 0. The zero-order chi connectivity index (χ0) is 11.7. The third-order valence-corrected chi connectivity index (χ3v) is 4.47. The Morgan fingerprint density at radius 3 is 2.71 bits per heavy atom. The van der Waals surface area contributed by atoms with Crippen LogP contribution in [-0.2, 0) is 9.53 Å². The van der Waals surface area contributed by atoms with Gasteiger partial charge in [-0.1, -0.05) is 12.8 Å². The molecule has 2 aliphatic carbocycles. The molecule has 0 radical (unpaired) electrons. The summed E-state index contributed by atoms with van der Waals surface area (Å²) in [7, 11) is 0. The van der Waals surface area contributed by atoms with E-state index >= 15 is 0 Å². The number of nitrogens with one attached hydrogen (secondary N) is 2. The van der Waals surface area contributed by atoms with Crippen LogP contribution in [0.5, 0.6) is 0 Å². The third-order valence-electron chi connectivity index (χ3n) is 4.47. The van der Waals surface area contributed by atoms with Crippen molar-refractivity contribution in [1.29, 1.82) is 0 Å². The predicted octanol–water partition coefficient (Wildman–Crippen LogP) is 0.527. The summed E-state index contributed by atoms with van der Waals surface area (Å²) < 4.78 is 5.57. The molecule has 3 fully saturated rings. The standard InChI is InChI=1S/C13H22N2O2/c16-13(12-10-3-1-2-4-11(10)12)15-8-9-7-14-5-6-17-9/h9-12,14H,1-8H2,(H,15,16). The molecule has 0 aromatic rings. The van der Waals surface area contributed by atoms with E-state index < -0.39 is 0 Å². The Bertz CT molecular complexity index is 277. The van der Waals surface area contributed by atoms with Gasteiger partial charge >= 0.3 is 0 Å². The molecule has 2 N–H and O–H groups in total. The number of ether oxygens (including phenoxy) is 1. The van der Waals surface area contributed by atoms with Crippen molar-refractivity contribution in [2.24, 2.45) is 17.8 Å². The Balaban J connectivity index is 1.41. The second-order valence-electron chi connectivity index (χ2n) is 5.58. The average Bonchev–Trinajstić information content (AvgIpc) is 3.11. The monoisotopic (exact) mass is 238 g/mol. The molecule has 17 heavy (non-hydrogen) atoms. The molecular weight excluding hydrogens is 216 g/mol. The van der Waals surface area contributed by atoms with Crippen molar-refractivity contribution >= 4 is 5.91 Å². The van der Waals surface area contributed by atoms with Crippen LogP contribution in [0.4, 0.5) is 0 Å². The second-order valence-corrected chi connectivity index (χ2v) is 5.58. The van der Waals surface area contributed by atoms with Crippen LogP contribution in [0.3, 0.4) is 0 Å². The van der Waals surface area contributed by atoms with Crippen molar-refractivity contribution in [2.75, 3.05) is 26.2 Å². The summed E-state index contributed by atoms with van der Waals surface area (Å²) in [5.74, 6) is 2.01. The Labute approximate surface area is 102 Å². The SMILES string of the molecule is O=C(NCC1CNCCO1)C1C2CCCCC21. The van der Waals surface area contributed by atoms with E-state index in [4.69, 9.17) is 4.74 Å². The van der Waals surface area contributed by atoms with E-state index in [1.807, 2.05) is 0 Å². The Morgan fingerprint density at radius 2 is 2.06 bits per heavy atom. The number of rotatable bonds is 3. The topological polar surface area (TPSA) is 50.4 Å². The van der Waals surface area contributed by atoms with E-state index in [0.29, 0.717) is 24.3 Å². The molecule has 0 aromatic carbocycles. The molecule has 3 aliphatic rings. The highest BCUT2D eigenvalue weighted by molar-refractivity contribution is 5.82. The van der Waals surface area contributed by atoms with Gasteiger partial charge in [-0.05, 0) is 24.7 Å². The molecule has 0 aromatic heterocycles. The minimum Gasteiger partial charge on any atom is -0.374 e. The lowest BCUT2D eigenvalue weighted by molar-refractivity contribution is -0.123. The van der Waals surface area contributed by atoms with E-state index in [1.54, 1.807) is 0 Å². The molecule has 1 saturated heterocycles. The summed E-state index contributed by atoms with van der Waals surface area (Å²) in [5.41, 5.74) is 0. The van der Waals surface area contributed by atoms with E-state index in [9.17, 15) is 4.79 Å². The van der Waals surface area contributed by atoms with Crippen molar-refractivity contribution in [3.8, 4) is 0 Å². The van der Waals surface area contributed by atoms with Crippen LogP contribution in [0.1, 0.15) is 25.7 Å². The van der Waals surface area contributed by atoms with E-state index in [-0.39, 0.29) is 12.0 Å². The molecule has 1 heterocycles. The number of hydrogen-bond acceptors (Lipinski definition) is 3. The van der Waals surface area contributed by atoms with Gasteiger partial charge in [0.15, 0.2) is 0 Å². The van der Waals surface area contributed by atoms with Crippen LogP contribution in [0, 0.1) is 17.8 Å². The van der Waals surface area contributed by atoms with Crippen molar-refractivity contribution in [3.05, 3.63) is 0 Å². The summed E-state index contributed by atoms with van der Waals surface area (Å²) in [6.07, 6.45) is 5.34. The van der Waals surface area contributed by atoms with Gasteiger partial charge in [-0.3, -0.25) is 4.79 Å². The summed E-state index contributed by atoms with van der Waals surface area (Å²) in [6.45, 7) is 3.21. The average molecular weight is 238 g/mol. The first-order valence-corrected chi connectivity index (χ1v) is 6.96. The van der Waals surface area contributed by atoms with E-state index in [0.717, 1.165) is 19.7 Å². The lowest BCUT2D eigenvalue weighted by atomic mass is 10.0. The summed E-state index contributed by atoms with van der Waals surface area (Å²) >= 11 is 0. The van der Waals surface area contributed by atoms with Gasteiger partial charge in [0.1, 0.15) is 0 Å². The Morgan fingerprint density at radius 1 is 1.29 bits per heavy atom. The zero-order valence-electron chi connectivity index (χ0n) is 10.3. The van der Waals surface area contributed by atoms with Crippen LogP contribution in [0.15, 0.2) is 0 Å². The van der Waals surface area contributed by atoms with Crippen LogP contribution >= 0.6 is 0 Å². The van der Waals surface area contributed by atoms with Gasteiger partial charge in [0.2, 0.25) is 5.91 Å². The summed E-state index contributed by atoms with van der Waals surface area (Å²) in [4.78, 5) is 12.0. The molecule has 1 aliphatic heterocycles. The molecule has 2 saturated carbocycles. The minimum absolute atomic E-state index is 0.161. The zero-order valence-corrected chi connectivity index (χ0v) is 10.3. The van der Waals surface area contributed by atoms with Crippen LogP contribution < -0.4 is 10.6 Å². The number of carbonyl (C=O) groups excluding carboxylic acids is 1. The number of hydrogen-bond donors (Lipinski definition) is 2. The number of amides is 1. The fourth-order valence-corrected chi connectivity index (χ4v) is 3.46. The summed E-state index contributed by atoms with van der Waals surface area (Å²) in [5, 5.41) is 6.34. The lowest BCUT2D eigenvalue weighted by Crippen LogP contribution is -2.45. The van der Waals surface area contributed by atoms with Gasteiger partial charge in [0.05, 0.1) is 12.7 Å². The molecule has 1 amide bonds. The van der Waals surface area contributed by atoms with Crippen LogP contribution in [0.2, 0.25) is 0 Å². The van der Waals surface area contributed by atoms with Crippen molar-refractivity contribution in [1.82, 2.24) is 10.6 Å². The molecule has 3 atom stereocenters. The molecule has 3 unspecified atom stereocenters. The molecule has 96 valence electrons. The van der Waals surface area contributed by atoms with Crippen molar-refractivity contribution in [3.63, 3.8) is 0 Å². The molecule has 0 bridgehead atoms. The van der Waals surface area contributed by atoms with Gasteiger partial charge < -0.3 is 15.4 Å². The van der Waals surface area contributed by atoms with Crippen molar-refractivity contribution < 1.29 is 9.53 Å². The van der Waals surface area contributed by atoms with Gasteiger partial charge in [0, 0.05) is 25.6 Å². The molecule has 0 spiro atoms. The van der Waals surface area contributed by atoms with Gasteiger partial charge in [0.25, 0.3) is 0 Å². The highest BCUT2D eigenvalue weighted by atomic mass is 16.5. The Hall–Kier alpha value is -0.610. The predicted molar refractivity (Wildman–Crippen MR) is 64.6 cm³/mol. The van der Waals surface area contributed by atoms with Crippen molar-refractivity contribution in [2.45, 2.75) is 31.8 Å². The smallest absolute Gasteiger partial charge is 0.223 e. The van der Waals surface area contributed by atoms with E-state index in [2.05, 4.69) is 10.6 Å². The molecule has 4 heteroatoms. The maximum atomic E-state index is 12.0. The third kappa shape index (κ3) is 2.47. The number of morpholine rings is 1. The first-order chi connectivity index (χ1) is 8.36. The lowest BCUT2D eigenvalue weighted by Gasteiger charge is -2.23. The first kappa shape index (κ1) is 11.5. The fourth-order valence-electron chi connectivity index (χ4n) is 3.46. The second kappa shape index (κ2) is 4.94.